The monoisotopic (exact) mass is 411 g/mol. The number of carbonyl (C=O) groups excluding carboxylic acids is 1. The van der Waals surface area contributed by atoms with Crippen LogP contribution in [0.4, 0.5) is 10.5 Å². The minimum atomic E-state index is -0.381. The molecule has 0 aliphatic carbocycles. The zero-order chi connectivity index (χ0) is 22.1. The Kier molecular flexibility index (Phi) is 8.40. The van der Waals surface area contributed by atoms with Crippen molar-refractivity contribution in [1.29, 1.82) is 0 Å². The molecule has 0 spiro atoms. The molecule has 2 rings (SSSR count). The molecule has 0 aliphatic heterocycles. The Bertz CT molecular complexity index is 927. The molecule has 0 radical (unpaired) electrons. The molecule has 4 N–H and O–H groups in total. The predicted molar refractivity (Wildman–Crippen MR) is 119 cm³/mol. The van der Waals surface area contributed by atoms with Crippen molar-refractivity contribution in [2.24, 2.45) is 11.0 Å². The molecule has 8 nitrogen and oxygen atoms in total. The van der Waals surface area contributed by atoms with Gasteiger partial charge in [0.15, 0.2) is 0 Å². The number of urea groups is 1. The van der Waals surface area contributed by atoms with Gasteiger partial charge in [-0.05, 0) is 44.0 Å². The van der Waals surface area contributed by atoms with E-state index in [1.165, 1.54) is 12.1 Å². The van der Waals surface area contributed by atoms with Crippen LogP contribution in [-0.4, -0.2) is 25.4 Å². The number of hydrogen-bond donors (Lipinski definition) is 3. The van der Waals surface area contributed by atoms with Crippen molar-refractivity contribution < 1.29 is 14.4 Å². The van der Waals surface area contributed by atoms with Gasteiger partial charge in [-0.3, -0.25) is 5.84 Å². The van der Waals surface area contributed by atoms with Crippen molar-refractivity contribution in [1.82, 2.24) is 10.9 Å². The summed E-state index contributed by atoms with van der Waals surface area (Å²) in [6.07, 6.45) is 1.64. The molecule has 2 aromatic carbocycles. The summed E-state index contributed by atoms with van der Waals surface area (Å²) in [5.41, 5.74) is 7.45. The molecule has 0 saturated carbocycles. The first-order valence-electron chi connectivity index (χ1n) is 9.50. The van der Waals surface area contributed by atoms with Crippen molar-refractivity contribution >= 4 is 17.4 Å². The molecule has 0 unspecified atom stereocenters. The van der Waals surface area contributed by atoms with E-state index < -0.39 is 0 Å². The molecular formula is C22H29N5O3. The van der Waals surface area contributed by atoms with Crippen LogP contribution in [0.25, 0.3) is 0 Å². The quantitative estimate of drug-likeness (QED) is 0.193. The normalized spacial score (nSPS) is 11.0. The van der Waals surface area contributed by atoms with Crippen LogP contribution in [0.5, 0.6) is 5.75 Å². The van der Waals surface area contributed by atoms with E-state index in [4.69, 9.17) is 15.4 Å². The summed E-state index contributed by atoms with van der Waals surface area (Å²) >= 11 is 0. The first-order chi connectivity index (χ1) is 14.4. The summed E-state index contributed by atoms with van der Waals surface area (Å²) in [6, 6.07) is 11.1. The standard InChI is InChI=1S/C22H29N5O3/c1-6-12-30-25-17(4)18-11-10-16(3)21(13-18)29-14-19-15(2)8-7-9-20(19)27(26-23)22(28)24-5/h6-11,13,26H,1,12,14,23H2,2-5H3,(H,24,28). The number of hydrogen-bond acceptors (Lipinski definition) is 6. The predicted octanol–water partition coefficient (Wildman–Crippen LogP) is 3.33. The third-order valence-corrected chi connectivity index (χ3v) is 4.54. The molecule has 160 valence electrons. The maximum absolute atomic E-state index is 12.2. The number of hydrazine groups is 2. The van der Waals surface area contributed by atoms with Crippen LogP contribution in [0.1, 0.15) is 29.2 Å². The Morgan fingerprint density at radius 1 is 1.27 bits per heavy atom. The van der Waals surface area contributed by atoms with Gasteiger partial charge in [0, 0.05) is 18.2 Å². The Labute approximate surface area is 177 Å². The summed E-state index contributed by atoms with van der Waals surface area (Å²) < 4.78 is 6.13. The Morgan fingerprint density at radius 3 is 2.70 bits per heavy atom. The largest absolute Gasteiger partial charge is 0.489 e. The number of carbonyl (C=O) groups is 1. The van der Waals surface area contributed by atoms with Crippen molar-refractivity contribution in [2.45, 2.75) is 27.4 Å². The number of benzene rings is 2. The molecule has 0 fully saturated rings. The van der Waals surface area contributed by atoms with Gasteiger partial charge in [0.2, 0.25) is 0 Å². The Balaban J connectivity index is 2.29. The molecule has 0 heterocycles. The van der Waals surface area contributed by atoms with Crippen LogP contribution < -0.4 is 26.4 Å². The van der Waals surface area contributed by atoms with E-state index in [2.05, 4.69) is 22.6 Å². The third kappa shape index (κ3) is 5.59. The lowest BCUT2D eigenvalue weighted by molar-refractivity contribution is 0.175. The van der Waals surface area contributed by atoms with E-state index in [0.29, 0.717) is 18.0 Å². The fourth-order valence-corrected chi connectivity index (χ4v) is 2.80. The van der Waals surface area contributed by atoms with Crippen molar-refractivity contribution in [2.75, 3.05) is 18.7 Å². The molecular weight excluding hydrogens is 382 g/mol. The zero-order valence-electron chi connectivity index (χ0n) is 17.9. The lowest BCUT2D eigenvalue weighted by Gasteiger charge is -2.24. The maximum atomic E-state index is 12.2. The zero-order valence-corrected chi connectivity index (χ0v) is 17.9. The second-order valence-electron chi connectivity index (χ2n) is 6.62. The van der Waals surface area contributed by atoms with Gasteiger partial charge in [-0.1, -0.05) is 42.1 Å². The van der Waals surface area contributed by atoms with E-state index in [9.17, 15) is 4.79 Å². The molecule has 30 heavy (non-hydrogen) atoms. The fourth-order valence-electron chi connectivity index (χ4n) is 2.80. The van der Waals surface area contributed by atoms with E-state index in [1.54, 1.807) is 12.1 Å². The average Bonchev–Trinajstić information content (AvgIpc) is 2.74. The van der Waals surface area contributed by atoms with Gasteiger partial charge < -0.3 is 14.9 Å². The third-order valence-electron chi connectivity index (χ3n) is 4.54. The number of ether oxygens (including phenoxy) is 1. The minimum absolute atomic E-state index is 0.255. The molecule has 0 aromatic heterocycles. The molecule has 2 aromatic rings. The van der Waals surface area contributed by atoms with E-state index in [0.717, 1.165) is 28.0 Å². The highest BCUT2D eigenvalue weighted by atomic mass is 16.6. The molecule has 0 aliphatic rings. The second-order valence-corrected chi connectivity index (χ2v) is 6.62. The lowest BCUT2D eigenvalue weighted by atomic mass is 10.1. The van der Waals surface area contributed by atoms with Gasteiger partial charge in [0.25, 0.3) is 0 Å². The molecule has 8 heteroatoms. The molecule has 0 atom stereocenters. The first-order valence-corrected chi connectivity index (χ1v) is 9.50. The van der Waals surface area contributed by atoms with Gasteiger partial charge in [0.05, 0.1) is 11.4 Å². The minimum Gasteiger partial charge on any atom is -0.489 e. The van der Waals surface area contributed by atoms with Gasteiger partial charge in [0.1, 0.15) is 19.0 Å². The van der Waals surface area contributed by atoms with Crippen LogP contribution >= 0.6 is 0 Å². The number of rotatable bonds is 9. The Morgan fingerprint density at radius 2 is 2.03 bits per heavy atom. The summed E-state index contributed by atoms with van der Waals surface area (Å²) in [4.78, 5) is 17.3. The Hall–Kier alpha value is -3.36. The summed E-state index contributed by atoms with van der Waals surface area (Å²) in [5.74, 6) is 6.29. The second kappa shape index (κ2) is 11.0. The molecule has 2 amide bonds. The van der Waals surface area contributed by atoms with Gasteiger partial charge in [-0.25, -0.2) is 9.80 Å². The van der Waals surface area contributed by atoms with Gasteiger partial charge >= 0.3 is 6.03 Å². The van der Waals surface area contributed by atoms with Gasteiger partial charge in [-0.15, -0.1) is 0 Å². The maximum Gasteiger partial charge on any atom is 0.337 e. The number of aryl methyl sites for hydroxylation is 2. The lowest BCUT2D eigenvalue weighted by Crippen LogP contribution is -2.51. The summed E-state index contributed by atoms with van der Waals surface area (Å²) in [6.45, 7) is 10.00. The van der Waals surface area contributed by atoms with Crippen molar-refractivity contribution in [3.63, 3.8) is 0 Å². The van der Waals surface area contributed by atoms with Crippen molar-refractivity contribution in [3.05, 3.63) is 71.3 Å². The van der Waals surface area contributed by atoms with E-state index in [-0.39, 0.29) is 12.6 Å². The van der Waals surface area contributed by atoms with Crippen molar-refractivity contribution in [3.8, 4) is 5.75 Å². The van der Waals surface area contributed by atoms with Crippen LogP contribution in [-0.2, 0) is 11.4 Å². The number of nitrogens with zero attached hydrogens (tertiary/aromatic N) is 2. The van der Waals surface area contributed by atoms with E-state index >= 15 is 0 Å². The number of amides is 2. The highest BCUT2D eigenvalue weighted by molar-refractivity contribution is 5.98. The van der Waals surface area contributed by atoms with Gasteiger partial charge in [-0.2, -0.15) is 5.53 Å². The number of nitrogens with one attached hydrogen (secondary N) is 2. The number of anilines is 1. The molecule has 0 saturated heterocycles. The number of nitrogens with two attached hydrogens (primary N) is 1. The van der Waals surface area contributed by atoms with Crippen LogP contribution in [0.3, 0.4) is 0 Å². The SMILES string of the molecule is C=CCON=C(C)c1ccc(C)c(OCc2c(C)cccc2N(NN)C(=O)NC)c1. The molecule has 0 bridgehead atoms. The van der Waals surface area contributed by atoms with Crippen LogP contribution in [0.2, 0.25) is 0 Å². The number of oxime groups is 1. The first kappa shape index (κ1) is 22.9. The summed E-state index contributed by atoms with van der Waals surface area (Å²) in [7, 11) is 1.54. The highest BCUT2D eigenvalue weighted by Crippen LogP contribution is 2.27. The smallest absolute Gasteiger partial charge is 0.337 e. The van der Waals surface area contributed by atoms with Crippen LogP contribution in [0.15, 0.2) is 54.2 Å². The highest BCUT2D eigenvalue weighted by Gasteiger charge is 2.18. The van der Waals surface area contributed by atoms with E-state index in [1.807, 2.05) is 51.1 Å². The topological polar surface area (TPSA) is 101 Å². The summed E-state index contributed by atoms with van der Waals surface area (Å²) in [5, 5.41) is 7.88. The fraction of sp³-hybridized carbons (Fsp3) is 0.273. The average molecular weight is 412 g/mol. The van der Waals surface area contributed by atoms with Crippen LogP contribution in [0, 0.1) is 13.8 Å².